The highest BCUT2D eigenvalue weighted by Crippen LogP contribution is 2.11. The monoisotopic (exact) mass is 382 g/mol. The number of amides is 1. The second-order valence-corrected chi connectivity index (χ2v) is 6.98. The summed E-state index contributed by atoms with van der Waals surface area (Å²) in [4.78, 5) is 16.4. The van der Waals surface area contributed by atoms with Crippen molar-refractivity contribution in [1.82, 2.24) is 10.3 Å². The molecule has 1 N–H and O–H groups in total. The number of thiazole rings is 1. The van der Waals surface area contributed by atoms with E-state index in [1.165, 1.54) is 11.3 Å². The molecule has 0 radical (unpaired) electrons. The first-order chi connectivity index (χ1) is 13.2. The van der Waals surface area contributed by atoms with Crippen LogP contribution in [0.5, 0.6) is 0 Å². The highest BCUT2D eigenvalue weighted by atomic mass is 32.1. The van der Waals surface area contributed by atoms with E-state index in [1.807, 2.05) is 54.6 Å². The molecule has 0 aliphatic heterocycles. The van der Waals surface area contributed by atoms with Crippen molar-refractivity contribution in [2.24, 2.45) is 0 Å². The molecule has 140 valence electrons. The molecule has 0 aliphatic carbocycles. The van der Waals surface area contributed by atoms with E-state index in [9.17, 15) is 4.79 Å². The first kappa shape index (κ1) is 19.2. The average molecular weight is 382 g/mol. The van der Waals surface area contributed by atoms with Crippen LogP contribution in [-0.2, 0) is 35.8 Å². The summed E-state index contributed by atoms with van der Waals surface area (Å²) in [6, 6.07) is 18.1. The van der Waals surface area contributed by atoms with E-state index in [0.717, 1.165) is 21.7 Å². The van der Waals surface area contributed by atoms with Gasteiger partial charge in [0.2, 0.25) is 0 Å². The van der Waals surface area contributed by atoms with Gasteiger partial charge in [0.1, 0.15) is 10.7 Å². The summed E-state index contributed by atoms with van der Waals surface area (Å²) in [5.41, 5.74) is 3.72. The number of carbonyl (C=O) groups excluding carboxylic acids is 1. The zero-order valence-electron chi connectivity index (χ0n) is 15.2. The molecule has 0 aliphatic rings. The summed E-state index contributed by atoms with van der Waals surface area (Å²) in [6.07, 6.45) is 0. The van der Waals surface area contributed by atoms with Crippen molar-refractivity contribution in [1.29, 1.82) is 0 Å². The lowest BCUT2D eigenvalue weighted by atomic mass is 10.1. The van der Waals surface area contributed by atoms with E-state index in [0.29, 0.717) is 32.1 Å². The smallest absolute Gasteiger partial charge is 0.271 e. The molecule has 3 rings (SSSR count). The van der Waals surface area contributed by atoms with E-state index in [4.69, 9.17) is 9.47 Å². The van der Waals surface area contributed by atoms with Gasteiger partial charge in [-0.3, -0.25) is 4.79 Å². The lowest BCUT2D eigenvalue weighted by Gasteiger charge is -2.07. The summed E-state index contributed by atoms with van der Waals surface area (Å²) in [6.45, 7) is 2.03. The lowest BCUT2D eigenvalue weighted by Crippen LogP contribution is -2.23. The zero-order chi connectivity index (χ0) is 18.9. The van der Waals surface area contributed by atoms with Gasteiger partial charge in [-0.15, -0.1) is 11.3 Å². The van der Waals surface area contributed by atoms with Crippen LogP contribution in [0.15, 0.2) is 60.0 Å². The molecular formula is C21H22N2O3S. The fraction of sp³-hybridized carbons (Fsp3) is 0.238. The van der Waals surface area contributed by atoms with Gasteiger partial charge >= 0.3 is 0 Å². The molecule has 1 heterocycles. The third-order valence-corrected chi connectivity index (χ3v) is 4.73. The Balaban J connectivity index is 1.43. The normalized spacial score (nSPS) is 10.7. The summed E-state index contributed by atoms with van der Waals surface area (Å²) in [5, 5.41) is 5.43. The van der Waals surface area contributed by atoms with Gasteiger partial charge in [-0.05, 0) is 16.7 Å². The molecule has 3 aromatic rings. The zero-order valence-corrected chi connectivity index (χ0v) is 16.0. The average Bonchev–Trinajstić information content (AvgIpc) is 3.17. The largest absolute Gasteiger partial charge is 0.378 e. The lowest BCUT2D eigenvalue weighted by molar-refractivity contribution is 0.0946. The number of carbonyl (C=O) groups is 1. The van der Waals surface area contributed by atoms with E-state index in [2.05, 4.69) is 10.3 Å². The third-order valence-electron chi connectivity index (χ3n) is 3.91. The van der Waals surface area contributed by atoms with Crippen LogP contribution in [-0.4, -0.2) is 18.0 Å². The summed E-state index contributed by atoms with van der Waals surface area (Å²) in [5.74, 6) is -0.177. The first-order valence-corrected chi connectivity index (χ1v) is 9.53. The van der Waals surface area contributed by atoms with Crippen LogP contribution < -0.4 is 5.32 Å². The van der Waals surface area contributed by atoms with Crippen molar-refractivity contribution in [3.8, 4) is 0 Å². The van der Waals surface area contributed by atoms with E-state index >= 15 is 0 Å². The molecular weight excluding hydrogens is 360 g/mol. The first-order valence-electron chi connectivity index (χ1n) is 8.65. The number of ether oxygens (including phenoxy) is 2. The minimum Gasteiger partial charge on any atom is -0.378 e. The quantitative estimate of drug-likeness (QED) is 0.609. The molecule has 0 bridgehead atoms. The molecule has 27 heavy (non-hydrogen) atoms. The molecule has 0 spiro atoms. The molecule has 1 aromatic heterocycles. The van der Waals surface area contributed by atoms with Crippen LogP contribution in [0, 0.1) is 0 Å². The van der Waals surface area contributed by atoms with Gasteiger partial charge in [0.25, 0.3) is 5.91 Å². The Morgan fingerprint density at radius 2 is 1.63 bits per heavy atom. The Kier molecular flexibility index (Phi) is 7.10. The Labute approximate surface area is 163 Å². The molecule has 0 saturated heterocycles. The van der Waals surface area contributed by atoms with Gasteiger partial charge in [-0.25, -0.2) is 4.98 Å². The number of aromatic nitrogens is 1. The van der Waals surface area contributed by atoms with E-state index in [-0.39, 0.29) is 5.91 Å². The number of nitrogens with one attached hydrogen (secondary N) is 1. The summed E-state index contributed by atoms with van der Waals surface area (Å²) in [7, 11) is 1.61. The molecule has 0 saturated carbocycles. The van der Waals surface area contributed by atoms with E-state index < -0.39 is 0 Å². The highest BCUT2D eigenvalue weighted by Gasteiger charge is 2.10. The van der Waals surface area contributed by atoms with Crippen LogP contribution in [0.2, 0.25) is 0 Å². The molecule has 0 unspecified atom stereocenters. The van der Waals surface area contributed by atoms with Gasteiger partial charge < -0.3 is 14.8 Å². The maximum Gasteiger partial charge on any atom is 0.271 e. The summed E-state index contributed by atoms with van der Waals surface area (Å²) >= 11 is 1.42. The molecule has 6 heteroatoms. The predicted octanol–water partition coefficient (Wildman–Crippen LogP) is 3.94. The predicted molar refractivity (Wildman–Crippen MR) is 105 cm³/mol. The molecule has 0 fully saturated rings. The van der Waals surface area contributed by atoms with Crippen molar-refractivity contribution in [2.75, 3.05) is 7.11 Å². The standard InChI is InChI=1S/C21H22N2O3S/c1-25-14-20-23-19(15-27-20)21(24)22-11-16-7-9-18(10-8-16)13-26-12-17-5-3-2-4-6-17/h2-10,15H,11-14H2,1H3,(H,22,24). The van der Waals surface area contributed by atoms with Crippen molar-refractivity contribution in [3.63, 3.8) is 0 Å². The van der Waals surface area contributed by atoms with Crippen molar-refractivity contribution in [2.45, 2.75) is 26.4 Å². The minimum atomic E-state index is -0.177. The number of hydrogen-bond acceptors (Lipinski definition) is 5. The van der Waals surface area contributed by atoms with Crippen LogP contribution in [0.3, 0.4) is 0 Å². The van der Waals surface area contributed by atoms with Crippen LogP contribution in [0.4, 0.5) is 0 Å². The maximum atomic E-state index is 12.2. The third kappa shape index (κ3) is 5.99. The molecule has 0 atom stereocenters. The fourth-order valence-corrected chi connectivity index (χ4v) is 3.24. The maximum absolute atomic E-state index is 12.2. The number of benzene rings is 2. The molecule has 5 nitrogen and oxygen atoms in total. The van der Waals surface area contributed by atoms with Gasteiger partial charge in [0.15, 0.2) is 0 Å². The number of rotatable bonds is 9. The van der Waals surface area contributed by atoms with Gasteiger partial charge in [0.05, 0.1) is 19.8 Å². The molecule has 2 aromatic carbocycles. The van der Waals surface area contributed by atoms with Crippen LogP contribution >= 0.6 is 11.3 Å². The summed E-state index contributed by atoms with van der Waals surface area (Å²) < 4.78 is 10.8. The topological polar surface area (TPSA) is 60.5 Å². The van der Waals surface area contributed by atoms with E-state index in [1.54, 1.807) is 12.5 Å². The second kappa shape index (κ2) is 9.97. The Bertz CT molecular complexity index is 847. The second-order valence-electron chi connectivity index (χ2n) is 6.04. The minimum absolute atomic E-state index is 0.177. The Morgan fingerprint density at radius 1 is 0.963 bits per heavy atom. The van der Waals surface area contributed by atoms with Gasteiger partial charge in [0, 0.05) is 19.0 Å². The van der Waals surface area contributed by atoms with Gasteiger partial charge in [-0.1, -0.05) is 54.6 Å². The Morgan fingerprint density at radius 3 is 2.33 bits per heavy atom. The van der Waals surface area contributed by atoms with Crippen molar-refractivity contribution in [3.05, 3.63) is 87.4 Å². The SMILES string of the molecule is COCc1nc(C(=O)NCc2ccc(COCc3ccccc3)cc2)cs1. The number of methoxy groups -OCH3 is 1. The van der Waals surface area contributed by atoms with Crippen LogP contribution in [0.1, 0.15) is 32.2 Å². The number of nitrogens with zero attached hydrogens (tertiary/aromatic N) is 1. The number of hydrogen-bond donors (Lipinski definition) is 1. The Hall–Kier alpha value is -2.54. The fourth-order valence-electron chi connectivity index (χ4n) is 2.49. The highest BCUT2D eigenvalue weighted by molar-refractivity contribution is 7.09. The van der Waals surface area contributed by atoms with Crippen LogP contribution in [0.25, 0.3) is 0 Å². The molecule has 1 amide bonds. The van der Waals surface area contributed by atoms with Crippen molar-refractivity contribution >= 4 is 17.2 Å². The van der Waals surface area contributed by atoms with Gasteiger partial charge in [-0.2, -0.15) is 0 Å². The van der Waals surface area contributed by atoms with Crippen molar-refractivity contribution < 1.29 is 14.3 Å².